The number of halogens is 2. The average Bonchev–Trinajstić information content (AvgIpc) is 2.71. The van der Waals surface area contributed by atoms with Gasteiger partial charge in [0.05, 0.1) is 28.2 Å². The molecule has 30 heavy (non-hydrogen) atoms. The summed E-state index contributed by atoms with van der Waals surface area (Å²) in [6.45, 7) is 3.87. The zero-order chi connectivity index (χ0) is 21.4. The lowest BCUT2D eigenvalue weighted by atomic mass is 9.98. The van der Waals surface area contributed by atoms with Gasteiger partial charge in [-0.3, -0.25) is 14.6 Å². The van der Waals surface area contributed by atoms with Gasteiger partial charge in [0.15, 0.2) is 5.78 Å². The van der Waals surface area contributed by atoms with Crippen LogP contribution in [0.2, 0.25) is 5.02 Å². The quantitative estimate of drug-likeness (QED) is 0.589. The molecule has 1 aromatic carbocycles. The van der Waals surface area contributed by atoms with Crippen LogP contribution >= 0.6 is 11.6 Å². The van der Waals surface area contributed by atoms with Crippen LogP contribution in [0.3, 0.4) is 0 Å². The fourth-order valence-corrected chi connectivity index (χ4v) is 3.72. The van der Waals surface area contributed by atoms with E-state index < -0.39 is 11.4 Å². The van der Waals surface area contributed by atoms with E-state index in [-0.39, 0.29) is 22.8 Å². The number of benzene rings is 1. The third-order valence-corrected chi connectivity index (χ3v) is 5.23. The van der Waals surface area contributed by atoms with E-state index in [0.717, 1.165) is 0 Å². The molecule has 4 rings (SSSR count). The van der Waals surface area contributed by atoms with Crippen molar-refractivity contribution in [3.05, 3.63) is 86.8 Å². The molecule has 2 N–H and O–H groups in total. The largest absolute Gasteiger partial charge is 0.353 e. The van der Waals surface area contributed by atoms with Gasteiger partial charge in [-0.1, -0.05) is 31.5 Å². The van der Waals surface area contributed by atoms with Crippen LogP contribution in [0.4, 0.5) is 15.8 Å². The molecule has 0 amide bonds. The van der Waals surface area contributed by atoms with Crippen molar-refractivity contribution in [1.29, 1.82) is 0 Å². The highest BCUT2D eigenvalue weighted by Gasteiger charge is 2.21. The molecule has 5 nitrogen and oxygen atoms in total. The number of aromatic nitrogens is 2. The van der Waals surface area contributed by atoms with Crippen LogP contribution in [0.25, 0.3) is 11.1 Å². The summed E-state index contributed by atoms with van der Waals surface area (Å²) in [4.78, 5) is 32.3. The molecule has 0 saturated carbocycles. The highest BCUT2D eigenvalue weighted by atomic mass is 35.5. The summed E-state index contributed by atoms with van der Waals surface area (Å²) < 4.78 is 14.4. The van der Waals surface area contributed by atoms with E-state index in [9.17, 15) is 14.0 Å². The smallest absolute Gasteiger partial charge is 0.256 e. The number of allylic oxidation sites excluding steroid dienone is 2. The SMILES string of the molecule is CC(C)c1[nH]c(=O)c(-c2cc(Cl)ccc2F)cc1Nc1ccnc2c1C(=O)C=CC2. The number of ketones is 1. The predicted octanol–water partition coefficient (Wildman–Crippen LogP) is 5.39. The van der Waals surface area contributed by atoms with Crippen molar-refractivity contribution in [2.24, 2.45) is 0 Å². The first-order valence-electron chi connectivity index (χ1n) is 9.53. The fraction of sp³-hybridized carbons (Fsp3) is 0.174. The van der Waals surface area contributed by atoms with E-state index in [1.54, 1.807) is 24.4 Å². The van der Waals surface area contributed by atoms with Gasteiger partial charge in [0, 0.05) is 28.9 Å². The summed E-state index contributed by atoms with van der Waals surface area (Å²) in [7, 11) is 0. The zero-order valence-corrected chi connectivity index (χ0v) is 17.2. The summed E-state index contributed by atoms with van der Waals surface area (Å²) in [6.07, 6.45) is 5.50. The van der Waals surface area contributed by atoms with Gasteiger partial charge in [-0.2, -0.15) is 0 Å². The second-order valence-corrected chi connectivity index (χ2v) is 7.83. The maximum absolute atomic E-state index is 14.4. The van der Waals surface area contributed by atoms with Crippen LogP contribution in [0.15, 0.2) is 53.5 Å². The Morgan fingerprint density at radius 3 is 2.70 bits per heavy atom. The van der Waals surface area contributed by atoms with Gasteiger partial charge in [-0.05, 0) is 42.3 Å². The minimum absolute atomic E-state index is 0.0216. The lowest BCUT2D eigenvalue weighted by Gasteiger charge is -2.19. The Morgan fingerprint density at radius 1 is 1.13 bits per heavy atom. The number of carbonyl (C=O) groups excluding carboxylic acids is 1. The summed E-state index contributed by atoms with van der Waals surface area (Å²) in [6, 6.07) is 7.38. The zero-order valence-electron chi connectivity index (χ0n) is 16.4. The Morgan fingerprint density at radius 2 is 1.93 bits per heavy atom. The molecule has 7 heteroatoms. The third-order valence-electron chi connectivity index (χ3n) is 4.99. The molecule has 152 valence electrons. The Bertz CT molecular complexity index is 1250. The molecule has 0 fully saturated rings. The van der Waals surface area contributed by atoms with Crippen LogP contribution in [-0.2, 0) is 6.42 Å². The van der Waals surface area contributed by atoms with Crippen LogP contribution in [0.1, 0.15) is 41.5 Å². The lowest BCUT2D eigenvalue weighted by molar-refractivity contribution is 0.104. The number of nitrogens with one attached hydrogen (secondary N) is 2. The molecule has 0 bridgehead atoms. The summed E-state index contributed by atoms with van der Waals surface area (Å²) in [5, 5.41) is 3.59. The number of rotatable bonds is 4. The number of H-pyrrole nitrogens is 1. The molecule has 0 aliphatic heterocycles. The second-order valence-electron chi connectivity index (χ2n) is 7.39. The first-order chi connectivity index (χ1) is 14.3. The fourth-order valence-electron chi connectivity index (χ4n) is 3.55. The van der Waals surface area contributed by atoms with Gasteiger partial charge < -0.3 is 10.3 Å². The van der Waals surface area contributed by atoms with Gasteiger partial charge in [-0.15, -0.1) is 0 Å². The van der Waals surface area contributed by atoms with Crippen molar-refractivity contribution in [3.8, 4) is 11.1 Å². The first kappa shape index (κ1) is 20.0. The molecule has 1 aliphatic carbocycles. The van der Waals surface area contributed by atoms with Crippen molar-refractivity contribution >= 4 is 28.8 Å². The van der Waals surface area contributed by atoms with E-state index in [1.165, 1.54) is 24.3 Å². The number of pyridine rings is 2. The molecular weight excluding hydrogens is 405 g/mol. The molecule has 0 unspecified atom stereocenters. The minimum Gasteiger partial charge on any atom is -0.353 e. The van der Waals surface area contributed by atoms with Gasteiger partial charge >= 0.3 is 0 Å². The topological polar surface area (TPSA) is 74.8 Å². The summed E-state index contributed by atoms with van der Waals surface area (Å²) in [5.74, 6) is -0.704. The number of hydrogen-bond donors (Lipinski definition) is 2. The maximum Gasteiger partial charge on any atom is 0.256 e. The number of fused-ring (bicyclic) bond motifs is 1. The van der Waals surface area contributed by atoms with E-state index in [4.69, 9.17) is 11.6 Å². The molecule has 1 aliphatic rings. The molecule has 2 aromatic heterocycles. The van der Waals surface area contributed by atoms with E-state index >= 15 is 0 Å². The van der Waals surface area contributed by atoms with Crippen LogP contribution < -0.4 is 10.9 Å². The van der Waals surface area contributed by atoms with Crippen LogP contribution in [-0.4, -0.2) is 15.8 Å². The van der Waals surface area contributed by atoms with Crippen molar-refractivity contribution < 1.29 is 9.18 Å². The Hall–Kier alpha value is -3.25. The Labute approximate surface area is 177 Å². The number of carbonyl (C=O) groups is 1. The van der Waals surface area contributed by atoms with Crippen molar-refractivity contribution in [2.45, 2.75) is 26.2 Å². The normalized spacial score (nSPS) is 12.9. The molecule has 0 saturated heterocycles. The minimum atomic E-state index is -0.547. The monoisotopic (exact) mass is 423 g/mol. The van der Waals surface area contributed by atoms with E-state index in [0.29, 0.717) is 39.8 Å². The molecule has 0 spiro atoms. The van der Waals surface area contributed by atoms with Crippen LogP contribution in [0.5, 0.6) is 0 Å². The molecule has 2 heterocycles. The lowest BCUT2D eigenvalue weighted by Crippen LogP contribution is -2.16. The number of aromatic amines is 1. The predicted molar refractivity (Wildman–Crippen MR) is 116 cm³/mol. The van der Waals surface area contributed by atoms with Crippen molar-refractivity contribution in [3.63, 3.8) is 0 Å². The maximum atomic E-state index is 14.4. The van der Waals surface area contributed by atoms with Gasteiger partial charge in [0.2, 0.25) is 0 Å². The van der Waals surface area contributed by atoms with E-state index in [2.05, 4.69) is 15.3 Å². The molecular formula is C23H19ClFN3O2. The van der Waals surface area contributed by atoms with Gasteiger partial charge in [-0.25, -0.2) is 4.39 Å². The second kappa shape index (κ2) is 7.88. The standard InChI is InChI=1S/C23H19ClFN3O2/c1-12(2)22-19(27-18-8-9-26-17-4-3-5-20(29)21(17)18)11-15(23(30)28-22)14-10-13(24)6-7-16(14)25/h3,5-12H,4H2,1-2H3,(H,26,27)(H,28,30). The van der Waals surface area contributed by atoms with Crippen molar-refractivity contribution in [1.82, 2.24) is 9.97 Å². The first-order valence-corrected chi connectivity index (χ1v) is 9.91. The average molecular weight is 424 g/mol. The summed E-state index contributed by atoms with van der Waals surface area (Å²) in [5.41, 5.74) is 2.83. The van der Waals surface area contributed by atoms with Gasteiger partial charge in [0.25, 0.3) is 5.56 Å². The molecule has 0 radical (unpaired) electrons. The highest BCUT2D eigenvalue weighted by molar-refractivity contribution is 6.30. The van der Waals surface area contributed by atoms with Crippen LogP contribution in [0, 0.1) is 5.82 Å². The van der Waals surface area contributed by atoms with Crippen molar-refractivity contribution in [2.75, 3.05) is 5.32 Å². The molecule has 0 atom stereocenters. The highest BCUT2D eigenvalue weighted by Crippen LogP contribution is 2.32. The van der Waals surface area contributed by atoms with Gasteiger partial charge in [0.1, 0.15) is 5.82 Å². The Balaban J connectivity index is 1.88. The molecule has 3 aromatic rings. The third kappa shape index (κ3) is 3.66. The number of nitrogens with zero attached hydrogens (tertiary/aromatic N) is 1. The number of hydrogen-bond acceptors (Lipinski definition) is 4. The summed E-state index contributed by atoms with van der Waals surface area (Å²) >= 11 is 6.02. The van der Waals surface area contributed by atoms with E-state index in [1.807, 2.05) is 13.8 Å². The number of anilines is 2. The Kier molecular flexibility index (Phi) is 5.26.